The zero-order valence-electron chi connectivity index (χ0n) is 8.98. The minimum atomic E-state index is -1.50. The normalized spacial score (nSPS) is 32.9. The van der Waals surface area contributed by atoms with Crippen LogP contribution in [-0.2, 0) is 14.5 Å². The Morgan fingerprint density at radius 3 is 2.72 bits per heavy atom. The van der Waals surface area contributed by atoms with Crippen molar-refractivity contribution in [1.82, 2.24) is 9.55 Å². The van der Waals surface area contributed by atoms with Crippen LogP contribution in [0.1, 0.15) is 6.23 Å². The van der Waals surface area contributed by atoms with Gasteiger partial charge >= 0.3 is 11.5 Å². The fraction of sp³-hybridized carbons (Fsp3) is 0.556. The summed E-state index contributed by atoms with van der Waals surface area (Å²) in [4.78, 5) is 34.1. The molecule has 3 atom stereocenters. The van der Waals surface area contributed by atoms with Crippen molar-refractivity contribution < 1.29 is 24.7 Å². The van der Waals surface area contributed by atoms with Gasteiger partial charge in [0.1, 0.15) is 12.2 Å². The molecule has 18 heavy (non-hydrogen) atoms. The van der Waals surface area contributed by atoms with Gasteiger partial charge in [-0.15, -0.1) is 0 Å². The van der Waals surface area contributed by atoms with Gasteiger partial charge in [0.05, 0.1) is 6.61 Å². The minimum Gasteiger partial charge on any atom is -0.394 e. The van der Waals surface area contributed by atoms with Crippen LogP contribution >= 0.6 is 0 Å². The highest BCUT2D eigenvalue weighted by atomic mass is 17.4. The maximum atomic E-state index is 11.6. The van der Waals surface area contributed by atoms with E-state index in [1.807, 2.05) is 4.98 Å². The zero-order chi connectivity index (χ0) is 12.9. The molecule has 0 bridgehead atoms. The fourth-order valence-corrected chi connectivity index (χ4v) is 1.98. The van der Waals surface area contributed by atoms with E-state index in [1.54, 1.807) is 0 Å². The van der Waals surface area contributed by atoms with Crippen LogP contribution in [-0.4, -0.2) is 44.4 Å². The fourth-order valence-electron chi connectivity index (χ4n) is 1.98. The summed E-state index contributed by atoms with van der Waals surface area (Å²) in [6, 6.07) is 1.12. The third-order valence-corrected chi connectivity index (χ3v) is 2.97. The van der Waals surface area contributed by atoms with Crippen LogP contribution in [0.4, 0.5) is 0 Å². The lowest BCUT2D eigenvalue weighted by atomic mass is 10.1. The molecule has 0 radical (unpaired) electrons. The molecule has 98 valence electrons. The van der Waals surface area contributed by atoms with Crippen molar-refractivity contribution in [2.75, 3.05) is 6.61 Å². The quantitative estimate of drug-likeness (QED) is 0.393. The van der Waals surface area contributed by atoms with Gasteiger partial charge in [0, 0.05) is 12.3 Å². The lowest BCUT2D eigenvalue weighted by molar-refractivity contribution is -0.0501. The van der Waals surface area contributed by atoms with Crippen molar-refractivity contribution in [3.05, 3.63) is 33.1 Å². The van der Waals surface area contributed by atoms with Gasteiger partial charge in [0.15, 0.2) is 0 Å². The maximum Gasteiger partial charge on any atom is 0.330 e. The van der Waals surface area contributed by atoms with E-state index in [9.17, 15) is 14.7 Å². The highest BCUT2D eigenvalue weighted by molar-refractivity contribution is 5.01. The molecule has 1 spiro atoms. The molecular weight excluding hydrogens is 248 g/mol. The van der Waals surface area contributed by atoms with Crippen LogP contribution in [0, 0.1) is 0 Å². The van der Waals surface area contributed by atoms with Gasteiger partial charge < -0.3 is 14.9 Å². The third kappa shape index (κ3) is 1.46. The Labute approximate surface area is 99.1 Å². The molecule has 0 aromatic carbocycles. The van der Waals surface area contributed by atoms with Gasteiger partial charge in [0.25, 0.3) is 5.56 Å². The van der Waals surface area contributed by atoms with Gasteiger partial charge in [-0.05, 0) is 0 Å². The highest BCUT2D eigenvalue weighted by Gasteiger charge is 2.71. The average molecular weight is 258 g/mol. The Morgan fingerprint density at radius 2 is 2.17 bits per heavy atom. The first kappa shape index (κ1) is 11.6. The summed E-state index contributed by atoms with van der Waals surface area (Å²) in [5.74, 6) is -1.50. The molecule has 0 unspecified atom stereocenters. The summed E-state index contributed by atoms with van der Waals surface area (Å²) < 4.78 is 6.32. The number of nitrogens with zero attached hydrogens (tertiary/aromatic N) is 1. The number of H-pyrrole nitrogens is 1. The molecule has 9 nitrogen and oxygen atoms in total. The number of aromatic amines is 1. The molecule has 0 saturated carbocycles. The van der Waals surface area contributed by atoms with Crippen LogP contribution in [0.15, 0.2) is 21.9 Å². The second-order valence-electron chi connectivity index (χ2n) is 4.06. The summed E-state index contributed by atoms with van der Waals surface area (Å²) in [5, 5.41) is 18.9. The summed E-state index contributed by atoms with van der Waals surface area (Å²) in [6.07, 6.45) is -2.04. The molecule has 2 aliphatic rings. The molecule has 0 amide bonds. The number of nitrogens with one attached hydrogen (secondary N) is 1. The van der Waals surface area contributed by atoms with E-state index >= 15 is 0 Å². The number of hydrogen-bond acceptors (Lipinski definition) is 7. The van der Waals surface area contributed by atoms with Crippen molar-refractivity contribution in [3.8, 4) is 0 Å². The Kier molecular flexibility index (Phi) is 2.40. The summed E-state index contributed by atoms with van der Waals surface area (Å²) in [5.41, 5.74) is -1.28. The molecule has 3 heterocycles. The standard InChI is InChI=1S/C9H10N2O7/c12-3-4-6(14)9(17-18-9)7(16-4)11-2-1-5(13)10-8(11)15/h1-2,4,6-7,12,14H,3H2,(H,10,13,15)/t4-,6-,7-/m1/s1. The third-order valence-electron chi connectivity index (χ3n) is 2.97. The van der Waals surface area contributed by atoms with Gasteiger partial charge in [-0.25, -0.2) is 4.79 Å². The second-order valence-corrected chi connectivity index (χ2v) is 4.06. The van der Waals surface area contributed by atoms with Gasteiger partial charge in [-0.2, -0.15) is 9.78 Å². The largest absolute Gasteiger partial charge is 0.394 e. The molecule has 0 aliphatic carbocycles. The van der Waals surface area contributed by atoms with Gasteiger partial charge in [0.2, 0.25) is 6.23 Å². The molecular formula is C9H10N2O7. The maximum absolute atomic E-state index is 11.6. The molecule has 3 rings (SSSR count). The van der Waals surface area contributed by atoms with Crippen molar-refractivity contribution in [3.63, 3.8) is 0 Å². The first-order chi connectivity index (χ1) is 8.58. The topological polar surface area (TPSA) is 130 Å². The van der Waals surface area contributed by atoms with Gasteiger partial charge in [-0.1, -0.05) is 0 Å². The van der Waals surface area contributed by atoms with Crippen molar-refractivity contribution in [2.45, 2.75) is 24.2 Å². The number of ether oxygens (including phenoxy) is 1. The number of aliphatic hydroxyl groups excluding tert-OH is 2. The SMILES string of the molecule is O=c1ccn([C@@H]2O[C@H](CO)[C@@H](O)C23OO3)c(=O)[nH]1. The Bertz CT molecular complexity index is 575. The van der Waals surface area contributed by atoms with Crippen LogP contribution in [0.25, 0.3) is 0 Å². The Balaban J connectivity index is 2.02. The highest BCUT2D eigenvalue weighted by Crippen LogP contribution is 2.50. The molecule has 1 aromatic heterocycles. The summed E-state index contributed by atoms with van der Waals surface area (Å²) in [7, 11) is 0. The van der Waals surface area contributed by atoms with E-state index in [2.05, 4.69) is 0 Å². The zero-order valence-corrected chi connectivity index (χ0v) is 8.98. The average Bonchev–Trinajstić information content (AvgIpc) is 3.07. The van der Waals surface area contributed by atoms with E-state index in [0.29, 0.717) is 0 Å². The number of rotatable bonds is 2. The smallest absolute Gasteiger partial charge is 0.330 e. The van der Waals surface area contributed by atoms with Crippen LogP contribution in [0.2, 0.25) is 0 Å². The molecule has 9 heteroatoms. The van der Waals surface area contributed by atoms with E-state index in [-0.39, 0.29) is 0 Å². The van der Waals surface area contributed by atoms with E-state index in [4.69, 9.17) is 19.6 Å². The second kappa shape index (κ2) is 3.73. The minimum absolute atomic E-state index is 0.454. The lowest BCUT2D eigenvalue weighted by Gasteiger charge is -2.14. The van der Waals surface area contributed by atoms with Crippen molar-refractivity contribution in [2.24, 2.45) is 0 Å². The molecule has 2 fully saturated rings. The monoisotopic (exact) mass is 258 g/mol. The summed E-state index contributed by atoms with van der Waals surface area (Å²) >= 11 is 0. The van der Waals surface area contributed by atoms with Crippen LogP contribution in [0.5, 0.6) is 0 Å². The van der Waals surface area contributed by atoms with Gasteiger partial charge in [-0.3, -0.25) is 14.3 Å². The Morgan fingerprint density at radius 1 is 1.44 bits per heavy atom. The molecule has 1 aromatic rings. The molecule has 3 N–H and O–H groups in total. The van der Waals surface area contributed by atoms with E-state index in [0.717, 1.165) is 10.6 Å². The first-order valence-corrected chi connectivity index (χ1v) is 5.21. The number of aromatic nitrogens is 2. The van der Waals surface area contributed by atoms with Crippen LogP contribution in [0.3, 0.4) is 0 Å². The van der Waals surface area contributed by atoms with E-state index < -0.39 is 42.1 Å². The molecule has 2 saturated heterocycles. The Hall–Kier alpha value is -1.52. The van der Waals surface area contributed by atoms with E-state index in [1.165, 1.54) is 6.20 Å². The van der Waals surface area contributed by atoms with Crippen molar-refractivity contribution in [1.29, 1.82) is 0 Å². The van der Waals surface area contributed by atoms with Crippen molar-refractivity contribution >= 4 is 0 Å². The molecule has 2 aliphatic heterocycles. The first-order valence-electron chi connectivity index (χ1n) is 5.21. The summed E-state index contributed by atoms with van der Waals surface area (Å²) in [6.45, 7) is -0.454. The number of aliphatic hydroxyl groups is 2. The van der Waals surface area contributed by atoms with Crippen LogP contribution < -0.4 is 11.2 Å². The predicted octanol–water partition coefficient (Wildman–Crippen LogP) is -2.55. The number of hydrogen-bond donors (Lipinski definition) is 3. The predicted molar refractivity (Wildman–Crippen MR) is 53.2 cm³/mol. The lowest BCUT2D eigenvalue weighted by Crippen LogP contribution is -2.40.